The predicted molar refractivity (Wildman–Crippen MR) is 58.9 cm³/mol. The first-order valence-corrected chi connectivity index (χ1v) is 6.02. The van der Waals surface area contributed by atoms with Gasteiger partial charge in [-0.3, -0.25) is 9.36 Å². The van der Waals surface area contributed by atoms with Gasteiger partial charge in [0.15, 0.2) is 0 Å². The Morgan fingerprint density at radius 2 is 1.56 bits per heavy atom. The maximum Gasteiger partial charge on any atom is 0.401 e. The number of benzene rings is 1. The Kier molecular flexibility index (Phi) is 4.24. The van der Waals surface area contributed by atoms with Gasteiger partial charge >= 0.3 is 7.60 Å². The number of hydrogen-bond donors (Lipinski definition) is 0. The maximum absolute atomic E-state index is 11.8. The zero-order valence-corrected chi connectivity index (χ0v) is 10.2. The second-order valence-corrected chi connectivity index (χ2v) is 5.03. The molecule has 16 heavy (non-hydrogen) atoms. The fraction of sp³-hybridized carbons (Fsp3) is 0.300. The van der Waals surface area contributed by atoms with E-state index < -0.39 is 13.1 Å². The standard InChI is InChI=1S/C10H13O5P/c1-13-9-6-4-8(5-7-9)10(11)16(12,14-2)15-3/h4-7H,1-3H3. The number of rotatable bonds is 5. The molecule has 0 bridgehead atoms. The lowest BCUT2D eigenvalue weighted by atomic mass is 10.2. The summed E-state index contributed by atoms with van der Waals surface area (Å²) in [5.41, 5.74) is -0.409. The van der Waals surface area contributed by atoms with Crippen LogP contribution in [-0.4, -0.2) is 26.9 Å². The minimum absolute atomic E-state index is 0.257. The van der Waals surface area contributed by atoms with Crippen LogP contribution in [0, 0.1) is 0 Å². The van der Waals surface area contributed by atoms with Gasteiger partial charge in [0.25, 0.3) is 5.52 Å². The molecule has 0 atom stereocenters. The monoisotopic (exact) mass is 244 g/mol. The third kappa shape index (κ3) is 2.50. The highest BCUT2D eigenvalue weighted by molar-refractivity contribution is 7.72. The molecule has 0 spiro atoms. The average Bonchev–Trinajstić information content (AvgIpc) is 2.37. The molecule has 0 aromatic heterocycles. The molecule has 1 aromatic carbocycles. The van der Waals surface area contributed by atoms with E-state index in [0.717, 1.165) is 0 Å². The van der Waals surface area contributed by atoms with Crippen molar-refractivity contribution in [1.82, 2.24) is 0 Å². The normalized spacial score (nSPS) is 11.2. The summed E-state index contributed by atoms with van der Waals surface area (Å²) in [5, 5.41) is 0. The molecule has 0 aliphatic carbocycles. The van der Waals surface area contributed by atoms with Gasteiger partial charge in [0.1, 0.15) is 5.75 Å². The molecule has 0 aliphatic rings. The summed E-state index contributed by atoms with van der Waals surface area (Å²) in [5.74, 6) is 0.612. The molecule has 0 N–H and O–H groups in total. The predicted octanol–water partition coefficient (Wildman–Crippen LogP) is 2.32. The summed E-state index contributed by atoms with van der Waals surface area (Å²) in [6, 6.07) is 6.21. The van der Waals surface area contributed by atoms with Crippen LogP contribution in [0.2, 0.25) is 0 Å². The third-order valence-corrected chi connectivity index (χ3v) is 3.78. The fourth-order valence-corrected chi connectivity index (χ4v) is 2.08. The Hall–Kier alpha value is -1.16. The molecule has 0 aliphatic heterocycles. The van der Waals surface area contributed by atoms with Crippen molar-refractivity contribution in [3.05, 3.63) is 29.8 Å². The van der Waals surface area contributed by atoms with Crippen LogP contribution >= 0.6 is 7.60 Å². The first-order valence-electron chi connectivity index (χ1n) is 4.48. The van der Waals surface area contributed by atoms with Gasteiger partial charge in [0.05, 0.1) is 7.11 Å². The van der Waals surface area contributed by atoms with Crippen LogP contribution in [-0.2, 0) is 13.6 Å². The highest BCUT2D eigenvalue weighted by Gasteiger charge is 2.33. The van der Waals surface area contributed by atoms with Gasteiger partial charge in [-0.25, -0.2) is 0 Å². The van der Waals surface area contributed by atoms with Crippen molar-refractivity contribution in [3.63, 3.8) is 0 Å². The van der Waals surface area contributed by atoms with Crippen molar-refractivity contribution in [2.75, 3.05) is 21.3 Å². The van der Waals surface area contributed by atoms with E-state index in [0.29, 0.717) is 5.75 Å². The molecular weight excluding hydrogens is 231 g/mol. The van der Waals surface area contributed by atoms with Gasteiger partial charge in [-0.1, -0.05) is 0 Å². The average molecular weight is 244 g/mol. The van der Waals surface area contributed by atoms with E-state index in [1.165, 1.54) is 33.5 Å². The topological polar surface area (TPSA) is 61.8 Å². The van der Waals surface area contributed by atoms with Gasteiger partial charge < -0.3 is 13.8 Å². The van der Waals surface area contributed by atoms with E-state index in [4.69, 9.17) is 4.74 Å². The lowest BCUT2D eigenvalue weighted by molar-refractivity contribution is 0.102. The van der Waals surface area contributed by atoms with Crippen LogP contribution in [0.3, 0.4) is 0 Å². The van der Waals surface area contributed by atoms with Crippen molar-refractivity contribution >= 4 is 13.1 Å². The van der Waals surface area contributed by atoms with Gasteiger partial charge in [-0.2, -0.15) is 0 Å². The van der Waals surface area contributed by atoms with E-state index in [9.17, 15) is 9.36 Å². The smallest absolute Gasteiger partial charge is 0.401 e. The van der Waals surface area contributed by atoms with Crippen molar-refractivity contribution in [2.45, 2.75) is 0 Å². The Labute approximate surface area is 93.9 Å². The van der Waals surface area contributed by atoms with Crippen molar-refractivity contribution < 1.29 is 23.1 Å². The summed E-state index contributed by atoms with van der Waals surface area (Å²) < 4.78 is 25.9. The summed E-state index contributed by atoms with van der Waals surface area (Å²) in [7, 11) is 0.167. The number of carbonyl (C=O) groups excluding carboxylic acids is 1. The van der Waals surface area contributed by atoms with Gasteiger partial charge in [-0.15, -0.1) is 0 Å². The Morgan fingerprint density at radius 1 is 1.06 bits per heavy atom. The molecule has 0 amide bonds. The third-order valence-electron chi connectivity index (χ3n) is 2.07. The summed E-state index contributed by atoms with van der Waals surface area (Å²) >= 11 is 0. The lowest BCUT2D eigenvalue weighted by Crippen LogP contribution is -2.04. The summed E-state index contributed by atoms with van der Waals surface area (Å²) in [6.45, 7) is 0. The molecule has 0 unspecified atom stereocenters. The molecule has 88 valence electrons. The van der Waals surface area contributed by atoms with E-state index in [2.05, 4.69) is 9.05 Å². The zero-order valence-electron chi connectivity index (χ0n) is 9.30. The first kappa shape index (κ1) is 12.9. The highest BCUT2D eigenvalue weighted by atomic mass is 31.2. The van der Waals surface area contributed by atoms with Gasteiger partial charge in [-0.05, 0) is 24.3 Å². The zero-order chi connectivity index (χ0) is 12.2. The fourth-order valence-electron chi connectivity index (χ4n) is 1.13. The highest BCUT2D eigenvalue weighted by Crippen LogP contribution is 2.49. The molecule has 5 nitrogen and oxygen atoms in total. The van der Waals surface area contributed by atoms with E-state index in [1.807, 2.05) is 0 Å². The molecule has 0 heterocycles. The summed E-state index contributed by atoms with van der Waals surface area (Å²) in [6.07, 6.45) is 0. The molecule has 6 heteroatoms. The van der Waals surface area contributed by atoms with Crippen LogP contribution in [0.25, 0.3) is 0 Å². The van der Waals surface area contributed by atoms with Gasteiger partial charge in [0.2, 0.25) is 0 Å². The second-order valence-electron chi connectivity index (χ2n) is 2.90. The summed E-state index contributed by atoms with van der Waals surface area (Å²) in [4.78, 5) is 11.8. The Balaban J connectivity index is 3.00. The Morgan fingerprint density at radius 3 is 1.94 bits per heavy atom. The van der Waals surface area contributed by atoms with Crippen LogP contribution in [0.15, 0.2) is 24.3 Å². The van der Waals surface area contributed by atoms with Crippen LogP contribution in [0.4, 0.5) is 0 Å². The number of carbonyl (C=O) groups is 1. The maximum atomic E-state index is 11.8. The lowest BCUT2D eigenvalue weighted by Gasteiger charge is -2.11. The first-order chi connectivity index (χ1) is 7.57. The minimum Gasteiger partial charge on any atom is -0.497 e. The molecule has 0 radical (unpaired) electrons. The quantitative estimate of drug-likeness (QED) is 0.744. The number of methoxy groups -OCH3 is 1. The molecule has 0 saturated heterocycles. The van der Waals surface area contributed by atoms with E-state index in [1.54, 1.807) is 12.1 Å². The van der Waals surface area contributed by atoms with Crippen LogP contribution in [0.1, 0.15) is 10.4 Å². The van der Waals surface area contributed by atoms with Crippen molar-refractivity contribution in [2.24, 2.45) is 0 Å². The van der Waals surface area contributed by atoms with Crippen molar-refractivity contribution in [1.29, 1.82) is 0 Å². The molecular formula is C10H13O5P. The van der Waals surface area contributed by atoms with E-state index >= 15 is 0 Å². The van der Waals surface area contributed by atoms with Gasteiger partial charge in [0, 0.05) is 19.8 Å². The largest absolute Gasteiger partial charge is 0.497 e. The Bertz CT molecular complexity index is 404. The molecule has 0 saturated carbocycles. The van der Waals surface area contributed by atoms with E-state index in [-0.39, 0.29) is 5.56 Å². The molecule has 1 aromatic rings. The number of ether oxygens (including phenoxy) is 1. The van der Waals surface area contributed by atoms with Crippen molar-refractivity contribution in [3.8, 4) is 5.75 Å². The molecule has 1 rings (SSSR count). The number of hydrogen-bond acceptors (Lipinski definition) is 5. The SMILES string of the molecule is COc1ccc(C(=O)P(=O)(OC)OC)cc1. The minimum atomic E-state index is -3.70. The second kappa shape index (κ2) is 5.25. The molecule has 0 fully saturated rings. The van der Waals surface area contributed by atoms with Crippen LogP contribution in [0.5, 0.6) is 5.75 Å². The van der Waals surface area contributed by atoms with Crippen LogP contribution < -0.4 is 4.74 Å².